The summed E-state index contributed by atoms with van der Waals surface area (Å²) in [7, 11) is 0. The molecular formula is C16H12N4O3. The highest BCUT2D eigenvalue weighted by Crippen LogP contribution is 2.11. The van der Waals surface area contributed by atoms with Gasteiger partial charge in [-0.25, -0.2) is 10.2 Å². The van der Waals surface area contributed by atoms with Crippen LogP contribution < -0.4 is 32.7 Å². The van der Waals surface area contributed by atoms with E-state index in [4.69, 9.17) is 5.73 Å². The summed E-state index contributed by atoms with van der Waals surface area (Å²) in [4.78, 5) is 35.9. The van der Waals surface area contributed by atoms with Crippen LogP contribution in [0.25, 0.3) is 10.8 Å². The molecule has 3 aromatic carbocycles. The summed E-state index contributed by atoms with van der Waals surface area (Å²) in [6.07, 6.45) is 0. The highest BCUT2D eigenvalue weighted by Gasteiger charge is 2.10. The highest BCUT2D eigenvalue weighted by molar-refractivity contribution is 5.89. The Balaban J connectivity index is 1.87. The number of amides is 2. The van der Waals surface area contributed by atoms with Crippen molar-refractivity contribution in [2.24, 2.45) is 5.10 Å². The maximum Gasteiger partial charge on any atom is 0.339 e. The van der Waals surface area contributed by atoms with Gasteiger partial charge in [0, 0.05) is 22.1 Å². The molecule has 4 N–H and O–H groups in total. The number of carbonyl (C=O) groups excluding carboxylic acids is 1. The number of hydrogen-bond acceptors (Lipinski definition) is 5. The average Bonchev–Trinajstić information content (AvgIpc) is 2.77. The average molecular weight is 308 g/mol. The summed E-state index contributed by atoms with van der Waals surface area (Å²) in [5.41, 5.74) is 7.70. The molecule has 0 saturated heterocycles. The Morgan fingerprint density at radius 2 is 1.61 bits per heavy atom. The van der Waals surface area contributed by atoms with Crippen LogP contribution in [0.5, 0.6) is 0 Å². The molecule has 114 valence electrons. The second-order valence-electron chi connectivity index (χ2n) is 4.86. The van der Waals surface area contributed by atoms with Crippen molar-refractivity contribution in [3.63, 3.8) is 0 Å². The first kappa shape index (κ1) is 14.5. The van der Waals surface area contributed by atoms with Crippen LogP contribution in [0.1, 0.15) is 0 Å². The monoisotopic (exact) mass is 308 g/mol. The van der Waals surface area contributed by atoms with Crippen molar-refractivity contribution in [3.8, 4) is 0 Å². The van der Waals surface area contributed by atoms with Crippen molar-refractivity contribution in [1.29, 1.82) is 0 Å². The van der Waals surface area contributed by atoms with Crippen LogP contribution in [-0.2, 0) is 0 Å². The first-order chi connectivity index (χ1) is 11.1. The van der Waals surface area contributed by atoms with Gasteiger partial charge in [0.25, 0.3) is 0 Å². The molecule has 0 aromatic heterocycles. The van der Waals surface area contributed by atoms with E-state index >= 15 is 0 Å². The van der Waals surface area contributed by atoms with Gasteiger partial charge in [-0.3, -0.25) is 9.59 Å². The maximum absolute atomic E-state index is 12.1. The summed E-state index contributed by atoms with van der Waals surface area (Å²) in [6.45, 7) is 0. The molecular weight excluding hydrogens is 296 g/mol. The van der Waals surface area contributed by atoms with Crippen LogP contribution in [0.4, 0.5) is 16.2 Å². The third kappa shape index (κ3) is 2.80. The van der Waals surface area contributed by atoms with Crippen molar-refractivity contribution in [3.05, 3.63) is 74.3 Å². The zero-order valence-electron chi connectivity index (χ0n) is 11.9. The smallest absolute Gasteiger partial charge is 0.339 e. The standard InChI is InChI=1S/C16H12N4O3/c17-9-4-3-5-10(8-9)18-16(23)20-19-13-14(21)11-6-1-2-7-12(11)15(13)22/h1-8H,17H2,(H2,18,20,23). The largest absolute Gasteiger partial charge is 0.399 e. The zero-order valence-corrected chi connectivity index (χ0v) is 11.9. The summed E-state index contributed by atoms with van der Waals surface area (Å²) < 4.78 is 0. The van der Waals surface area contributed by atoms with Crippen molar-refractivity contribution in [1.82, 2.24) is 5.43 Å². The van der Waals surface area contributed by atoms with Gasteiger partial charge in [-0.05, 0) is 18.2 Å². The molecule has 23 heavy (non-hydrogen) atoms. The minimum absolute atomic E-state index is 0.286. The summed E-state index contributed by atoms with van der Waals surface area (Å²) in [5.74, 6) is 0. The van der Waals surface area contributed by atoms with Crippen LogP contribution in [0.2, 0.25) is 0 Å². The highest BCUT2D eigenvalue weighted by atomic mass is 16.2. The molecule has 7 nitrogen and oxygen atoms in total. The third-order valence-corrected chi connectivity index (χ3v) is 3.26. The number of nitrogen functional groups attached to an aromatic ring is 1. The molecule has 7 heteroatoms. The van der Waals surface area contributed by atoms with E-state index in [0.717, 1.165) is 0 Å². The lowest BCUT2D eigenvalue weighted by Crippen LogP contribution is -2.36. The SMILES string of the molecule is Nc1cccc(NC(=O)NN=c2c(=O)c3ccccc3c2=O)c1. The Labute approximate surface area is 129 Å². The first-order valence-electron chi connectivity index (χ1n) is 6.75. The molecule has 3 aromatic rings. The number of rotatable bonds is 2. The number of carbonyl (C=O) groups is 1. The van der Waals surface area contributed by atoms with Gasteiger partial charge in [-0.15, -0.1) is 0 Å². The minimum atomic E-state index is -0.681. The Morgan fingerprint density at radius 3 is 2.22 bits per heavy atom. The Morgan fingerprint density at radius 1 is 0.957 bits per heavy atom. The van der Waals surface area contributed by atoms with E-state index in [1.165, 1.54) is 0 Å². The fourth-order valence-electron chi connectivity index (χ4n) is 2.22. The Bertz CT molecular complexity index is 999. The Kier molecular flexibility index (Phi) is 3.60. The predicted octanol–water partition coefficient (Wildman–Crippen LogP) is 0.655. The number of benzene rings is 2. The van der Waals surface area contributed by atoms with Gasteiger partial charge in [0.15, 0.2) is 5.36 Å². The maximum atomic E-state index is 12.1. The Hall–Kier alpha value is -3.48. The van der Waals surface area contributed by atoms with Crippen LogP contribution in [0.15, 0.2) is 63.2 Å². The third-order valence-electron chi connectivity index (χ3n) is 3.26. The topological polar surface area (TPSA) is 114 Å². The van der Waals surface area contributed by atoms with Gasteiger partial charge in [0.1, 0.15) is 0 Å². The van der Waals surface area contributed by atoms with Gasteiger partial charge in [0.05, 0.1) is 0 Å². The molecule has 2 amide bonds. The van der Waals surface area contributed by atoms with E-state index in [2.05, 4.69) is 15.8 Å². The van der Waals surface area contributed by atoms with Crippen LogP contribution in [0, 0.1) is 0 Å². The van der Waals surface area contributed by atoms with Gasteiger partial charge in [-0.2, -0.15) is 5.10 Å². The van der Waals surface area contributed by atoms with Gasteiger partial charge >= 0.3 is 6.03 Å². The van der Waals surface area contributed by atoms with E-state index in [0.29, 0.717) is 11.4 Å². The second-order valence-corrected chi connectivity index (χ2v) is 4.86. The van der Waals surface area contributed by atoms with E-state index < -0.39 is 16.9 Å². The number of urea groups is 1. The van der Waals surface area contributed by atoms with E-state index in [-0.39, 0.29) is 16.1 Å². The molecule has 3 rings (SSSR count). The minimum Gasteiger partial charge on any atom is -0.399 e. The van der Waals surface area contributed by atoms with Crippen LogP contribution in [-0.4, -0.2) is 6.03 Å². The normalized spacial score (nSPS) is 10.4. The van der Waals surface area contributed by atoms with E-state index in [1.807, 2.05) is 0 Å². The van der Waals surface area contributed by atoms with Crippen molar-refractivity contribution >= 4 is 28.2 Å². The van der Waals surface area contributed by atoms with Gasteiger partial charge in [0.2, 0.25) is 10.9 Å². The predicted molar refractivity (Wildman–Crippen MR) is 87.4 cm³/mol. The molecule has 0 unspecified atom stereocenters. The lowest BCUT2D eigenvalue weighted by atomic mass is 10.2. The number of nitrogens with zero attached hydrogens (tertiary/aromatic N) is 1. The molecule has 0 spiro atoms. The molecule has 0 aliphatic carbocycles. The van der Waals surface area contributed by atoms with Crippen LogP contribution >= 0.6 is 0 Å². The number of fused-ring (bicyclic) bond motifs is 1. The van der Waals surface area contributed by atoms with Crippen molar-refractivity contribution in [2.75, 3.05) is 11.1 Å². The second kappa shape index (κ2) is 5.72. The fraction of sp³-hybridized carbons (Fsp3) is 0. The molecule has 0 fully saturated rings. The molecule has 0 aliphatic rings. The van der Waals surface area contributed by atoms with Gasteiger partial charge in [-0.1, -0.05) is 30.3 Å². The summed E-state index contributed by atoms with van der Waals surface area (Å²) >= 11 is 0. The molecule has 0 radical (unpaired) electrons. The number of hydrogen-bond donors (Lipinski definition) is 3. The quantitative estimate of drug-likeness (QED) is 0.476. The van der Waals surface area contributed by atoms with E-state index in [9.17, 15) is 14.4 Å². The fourth-order valence-corrected chi connectivity index (χ4v) is 2.22. The lowest BCUT2D eigenvalue weighted by Gasteiger charge is -2.04. The van der Waals surface area contributed by atoms with Gasteiger partial charge < -0.3 is 11.1 Å². The lowest BCUT2D eigenvalue weighted by molar-refractivity contribution is 0.252. The summed E-state index contributed by atoms with van der Waals surface area (Å²) in [5, 5.41) is 6.40. The van der Waals surface area contributed by atoms with E-state index in [1.54, 1.807) is 48.5 Å². The number of anilines is 2. The number of nitrogens with one attached hydrogen (secondary N) is 2. The van der Waals surface area contributed by atoms with Crippen molar-refractivity contribution < 1.29 is 4.79 Å². The molecule has 0 saturated carbocycles. The zero-order chi connectivity index (χ0) is 16.4. The molecule has 0 heterocycles. The molecule has 0 aliphatic heterocycles. The number of nitrogens with two attached hydrogens (primary N) is 1. The first-order valence-corrected chi connectivity index (χ1v) is 6.75. The molecule has 0 bridgehead atoms. The summed E-state index contributed by atoms with van der Waals surface area (Å²) in [6, 6.07) is 12.3. The molecule has 0 atom stereocenters. The van der Waals surface area contributed by atoms with Crippen molar-refractivity contribution in [2.45, 2.75) is 0 Å². The van der Waals surface area contributed by atoms with Crippen LogP contribution in [0.3, 0.4) is 0 Å².